The van der Waals surface area contributed by atoms with E-state index in [1.807, 2.05) is 42.5 Å². The van der Waals surface area contributed by atoms with Crippen LogP contribution in [0.2, 0.25) is 0 Å². The molecule has 7 nitrogen and oxygen atoms in total. The van der Waals surface area contributed by atoms with Crippen molar-refractivity contribution in [2.24, 2.45) is 5.92 Å². The van der Waals surface area contributed by atoms with E-state index in [0.29, 0.717) is 25.8 Å². The van der Waals surface area contributed by atoms with Crippen LogP contribution in [0.25, 0.3) is 11.0 Å². The van der Waals surface area contributed by atoms with E-state index in [0.717, 1.165) is 16.7 Å². The molecule has 1 aromatic carbocycles. The fraction of sp³-hybridized carbons (Fsp3) is 0.381. The Bertz CT molecular complexity index is 1010. The lowest BCUT2D eigenvalue weighted by Crippen LogP contribution is -2.48. The van der Waals surface area contributed by atoms with E-state index in [1.54, 1.807) is 10.8 Å². The number of aliphatic hydroxyl groups excluding tert-OH is 1. The van der Waals surface area contributed by atoms with Crippen molar-refractivity contribution in [1.82, 2.24) is 19.9 Å². The summed E-state index contributed by atoms with van der Waals surface area (Å²) in [6, 6.07) is 13.1. The van der Waals surface area contributed by atoms with Gasteiger partial charge >= 0.3 is 5.69 Å². The number of para-hydroxylation sites is 2. The molecule has 0 aliphatic heterocycles. The summed E-state index contributed by atoms with van der Waals surface area (Å²) >= 11 is 0. The number of nitrogens with zero attached hydrogens (tertiary/aromatic N) is 2. The second-order valence-corrected chi connectivity index (χ2v) is 7.43. The van der Waals surface area contributed by atoms with Gasteiger partial charge in [0, 0.05) is 37.3 Å². The van der Waals surface area contributed by atoms with E-state index < -0.39 is 0 Å². The number of pyridine rings is 1. The molecule has 1 unspecified atom stereocenters. The Balaban J connectivity index is 1.41. The zero-order valence-corrected chi connectivity index (χ0v) is 15.5. The van der Waals surface area contributed by atoms with Crippen LogP contribution in [0.1, 0.15) is 25.0 Å². The van der Waals surface area contributed by atoms with Gasteiger partial charge < -0.3 is 15.4 Å². The van der Waals surface area contributed by atoms with Gasteiger partial charge in [0.25, 0.3) is 0 Å². The quantitative estimate of drug-likeness (QED) is 0.580. The van der Waals surface area contributed by atoms with Gasteiger partial charge in [-0.25, -0.2) is 4.79 Å². The summed E-state index contributed by atoms with van der Waals surface area (Å²) in [7, 11) is 0. The molecule has 7 heteroatoms. The lowest BCUT2D eigenvalue weighted by atomic mass is 9.76. The number of hydrogen-bond donors (Lipinski definition) is 3. The number of fused-ring (bicyclic) bond motifs is 1. The van der Waals surface area contributed by atoms with E-state index >= 15 is 0 Å². The first-order valence-corrected chi connectivity index (χ1v) is 9.65. The highest BCUT2D eigenvalue weighted by molar-refractivity contribution is 5.77. The van der Waals surface area contributed by atoms with Gasteiger partial charge in [0.15, 0.2) is 0 Å². The number of hydrogen-bond acceptors (Lipinski definition) is 4. The zero-order chi connectivity index (χ0) is 19.5. The first kappa shape index (κ1) is 18.4. The molecule has 1 aliphatic carbocycles. The Morgan fingerprint density at radius 1 is 1.25 bits per heavy atom. The van der Waals surface area contributed by atoms with Gasteiger partial charge in [-0.05, 0) is 43.0 Å². The summed E-state index contributed by atoms with van der Waals surface area (Å²) in [4.78, 5) is 31.9. The van der Waals surface area contributed by atoms with Crippen LogP contribution in [0.4, 0.5) is 0 Å². The summed E-state index contributed by atoms with van der Waals surface area (Å²) < 4.78 is 1.59. The number of carbonyl (C=O) groups is 1. The highest BCUT2D eigenvalue weighted by Crippen LogP contribution is 2.31. The number of carbonyl (C=O) groups excluding carboxylic acids is 1. The SMILES string of the molecule is O=C(CCn1c(=O)[nH]c2ccccc21)NC(Cc1ccccn1)C1CC(O)C1. The van der Waals surface area contributed by atoms with Gasteiger partial charge in [0.2, 0.25) is 5.91 Å². The molecule has 4 rings (SSSR count). The molecule has 0 bridgehead atoms. The third-order valence-electron chi connectivity index (χ3n) is 5.46. The van der Waals surface area contributed by atoms with E-state index in [2.05, 4.69) is 15.3 Å². The largest absolute Gasteiger partial charge is 0.393 e. The van der Waals surface area contributed by atoms with Crippen LogP contribution >= 0.6 is 0 Å². The van der Waals surface area contributed by atoms with Crippen LogP contribution in [0.15, 0.2) is 53.5 Å². The molecule has 0 radical (unpaired) electrons. The molecule has 0 saturated heterocycles. The highest BCUT2D eigenvalue weighted by atomic mass is 16.3. The van der Waals surface area contributed by atoms with Crippen molar-refractivity contribution < 1.29 is 9.90 Å². The van der Waals surface area contributed by atoms with Crippen LogP contribution < -0.4 is 11.0 Å². The molecule has 1 atom stereocenters. The Labute approximate surface area is 162 Å². The maximum Gasteiger partial charge on any atom is 0.326 e. The Hall–Kier alpha value is -2.93. The van der Waals surface area contributed by atoms with E-state index in [4.69, 9.17) is 0 Å². The lowest BCUT2D eigenvalue weighted by molar-refractivity contribution is -0.123. The van der Waals surface area contributed by atoms with Gasteiger partial charge in [0.05, 0.1) is 17.1 Å². The molecule has 2 heterocycles. The maximum absolute atomic E-state index is 12.6. The predicted octanol–water partition coefficient (Wildman–Crippen LogP) is 1.61. The fourth-order valence-corrected chi connectivity index (χ4v) is 3.86. The molecule has 1 fully saturated rings. The van der Waals surface area contributed by atoms with Crippen LogP contribution in [-0.2, 0) is 17.8 Å². The van der Waals surface area contributed by atoms with Gasteiger partial charge in [-0.15, -0.1) is 0 Å². The van der Waals surface area contributed by atoms with Crippen molar-refractivity contribution in [3.05, 3.63) is 64.8 Å². The summed E-state index contributed by atoms with van der Waals surface area (Å²) in [6.07, 6.45) is 3.71. The number of H-pyrrole nitrogens is 1. The summed E-state index contributed by atoms with van der Waals surface area (Å²) in [5.74, 6) is 0.149. The van der Waals surface area contributed by atoms with Crippen LogP contribution in [-0.4, -0.2) is 37.7 Å². The molecule has 1 saturated carbocycles. The Morgan fingerprint density at radius 3 is 2.79 bits per heavy atom. The van der Waals surface area contributed by atoms with E-state index in [1.165, 1.54) is 0 Å². The number of amides is 1. The summed E-state index contributed by atoms with van der Waals surface area (Å²) in [5, 5.41) is 12.8. The van der Waals surface area contributed by atoms with Crippen molar-refractivity contribution in [2.45, 2.75) is 44.4 Å². The number of aryl methyl sites for hydroxylation is 1. The maximum atomic E-state index is 12.6. The second-order valence-electron chi connectivity index (χ2n) is 7.43. The molecule has 1 amide bonds. The average Bonchev–Trinajstić information content (AvgIpc) is 2.99. The first-order chi connectivity index (χ1) is 13.6. The number of benzene rings is 1. The molecule has 2 aromatic heterocycles. The first-order valence-electron chi connectivity index (χ1n) is 9.65. The van der Waals surface area contributed by atoms with Gasteiger partial charge in [-0.2, -0.15) is 0 Å². The topological polar surface area (TPSA) is 100 Å². The normalized spacial score (nSPS) is 19.9. The van der Waals surface area contributed by atoms with Crippen LogP contribution in [0.5, 0.6) is 0 Å². The van der Waals surface area contributed by atoms with E-state index in [-0.39, 0.29) is 36.1 Å². The molecular weight excluding hydrogens is 356 g/mol. The average molecular weight is 380 g/mol. The number of aromatic nitrogens is 3. The highest BCUT2D eigenvalue weighted by Gasteiger charge is 2.34. The summed E-state index contributed by atoms with van der Waals surface area (Å²) in [5.41, 5.74) is 2.28. The number of rotatable bonds is 7. The minimum Gasteiger partial charge on any atom is -0.393 e. The lowest BCUT2D eigenvalue weighted by Gasteiger charge is -2.38. The van der Waals surface area contributed by atoms with E-state index in [9.17, 15) is 14.7 Å². The third kappa shape index (κ3) is 3.99. The van der Waals surface area contributed by atoms with Crippen molar-refractivity contribution >= 4 is 16.9 Å². The number of aromatic amines is 1. The smallest absolute Gasteiger partial charge is 0.326 e. The summed E-state index contributed by atoms with van der Waals surface area (Å²) in [6.45, 7) is 0.318. The number of imidazole rings is 1. The standard InChI is InChI=1S/C21H24N4O3/c26-16-11-14(12-16)18(13-15-5-3-4-9-22-15)23-20(27)8-10-25-19-7-2-1-6-17(19)24-21(25)28/h1-7,9,14,16,18,26H,8,10-13H2,(H,23,27)(H,24,28). The van der Waals surface area contributed by atoms with Gasteiger partial charge in [-0.3, -0.25) is 14.3 Å². The minimum atomic E-state index is -0.280. The van der Waals surface area contributed by atoms with Crippen molar-refractivity contribution in [3.63, 3.8) is 0 Å². The number of aliphatic hydroxyl groups is 1. The molecular formula is C21H24N4O3. The Kier molecular flexibility index (Phi) is 5.25. The molecule has 0 spiro atoms. The fourth-order valence-electron chi connectivity index (χ4n) is 3.86. The molecule has 3 aromatic rings. The minimum absolute atomic E-state index is 0.0644. The predicted molar refractivity (Wildman–Crippen MR) is 106 cm³/mol. The molecule has 3 N–H and O–H groups in total. The molecule has 1 aliphatic rings. The zero-order valence-electron chi connectivity index (χ0n) is 15.5. The van der Waals surface area contributed by atoms with Crippen LogP contribution in [0, 0.1) is 5.92 Å². The van der Waals surface area contributed by atoms with Crippen molar-refractivity contribution in [1.29, 1.82) is 0 Å². The van der Waals surface area contributed by atoms with Crippen molar-refractivity contribution in [2.75, 3.05) is 0 Å². The van der Waals surface area contributed by atoms with Gasteiger partial charge in [0.1, 0.15) is 0 Å². The van der Waals surface area contributed by atoms with Crippen LogP contribution in [0.3, 0.4) is 0 Å². The van der Waals surface area contributed by atoms with Crippen molar-refractivity contribution in [3.8, 4) is 0 Å². The second kappa shape index (κ2) is 7.98. The molecule has 146 valence electrons. The monoisotopic (exact) mass is 380 g/mol. The number of nitrogens with one attached hydrogen (secondary N) is 2. The van der Waals surface area contributed by atoms with Gasteiger partial charge in [-0.1, -0.05) is 18.2 Å². The Morgan fingerprint density at radius 2 is 2.04 bits per heavy atom. The third-order valence-corrected chi connectivity index (χ3v) is 5.46. The molecule has 28 heavy (non-hydrogen) atoms.